The summed E-state index contributed by atoms with van der Waals surface area (Å²) < 4.78 is 14.7. The SMILES string of the molecule is CCCCCCCc1ccc(-c2ccc(CCc3ccc(CCC)cc3)cc2)c(F)c1. The highest BCUT2D eigenvalue weighted by Gasteiger charge is 2.07. The Labute approximate surface area is 188 Å². The van der Waals surface area contributed by atoms with Gasteiger partial charge in [-0.2, -0.15) is 0 Å². The normalized spacial score (nSPS) is 11.1. The molecule has 31 heavy (non-hydrogen) atoms. The van der Waals surface area contributed by atoms with Crippen molar-refractivity contribution in [1.29, 1.82) is 0 Å². The van der Waals surface area contributed by atoms with Crippen LogP contribution in [0.1, 0.15) is 74.6 Å². The molecule has 3 aromatic carbocycles. The first-order valence-corrected chi connectivity index (χ1v) is 12.1. The molecule has 0 saturated heterocycles. The van der Waals surface area contributed by atoms with Crippen molar-refractivity contribution in [2.75, 3.05) is 0 Å². The summed E-state index contributed by atoms with van der Waals surface area (Å²) in [5.41, 5.74) is 6.86. The molecular weight excluding hydrogens is 379 g/mol. The second-order valence-corrected chi connectivity index (χ2v) is 8.74. The van der Waals surface area contributed by atoms with Gasteiger partial charge in [-0.1, -0.05) is 107 Å². The van der Waals surface area contributed by atoms with Gasteiger partial charge < -0.3 is 0 Å². The monoisotopic (exact) mass is 416 g/mol. The molecule has 3 rings (SSSR count). The van der Waals surface area contributed by atoms with Crippen LogP contribution in [0.5, 0.6) is 0 Å². The molecular formula is C30H37F. The van der Waals surface area contributed by atoms with Gasteiger partial charge in [0.2, 0.25) is 0 Å². The van der Waals surface area contributed by atoms with E-state index in [0.29, 0.717) is 5.56 Å². The van der Waals surface area contributed by atoms with Gasteiger partial charge in [-0.3, -0.25) is 0 Å². The maximum Gasteiger partial charge on any atom is 0.131 e. The Kier molecular flexibility index (Phi) is 9.34. The Morgan fingerprint density at radius 2 is 1.06 bits per heavy atom. The lowest BCUT2D eigenvalue weighted by Gasteiger charge is -2.09. The fourth-order valence-corrected chi connectivity index (χ4v) is 4.18. The summed E-state index contributed by atoms with van der Waals surface area (Å²) in [4.78, 5) is 0. The summed E-state index contributed by atoms with van der Waals surface area (Å²) in [6.07, 6.45) is 11.6. The van der Waals surface area contributed by atoms with Crippen molar-refractivity contribution in [2.24, 2.45) is 0 Å². The average Bonchev–Trinajstić information content (AvgIpc) is 2.79. The van der Waals surface area contributed by atoms with Crippen LogP contribution < -0.4 is 0 Å². The molecule has 164 valence electrons. The highest BCUT2D eigenvalue weighted by Crippen LogP contribution is 2.25. The molecule has 0 N–H and O–H groups in total. The van der Waals surface area contributed by atoms with Crippen molar-refractivity contribution in [3.05, 3.63) is 94.8 Å². The molecule has 0 bridgehead atoms. The summed E-state index contributed by atoms with van der Waals surface area (Å²) in [6.45, 7) is 4.44. The Hall–Kier alpha value is -2.41. The van der Waals surface area contributed by atoms with Gasteiger partial charge in [0.05, 0.1) is 0 Å². The van der Waals surface area contributed by atoms with E-state index in [0.717, 1.165) is 43.2 Å². The lowest BCUT2D eigenvalue weighted by Crippen LogP contribution is -1.93. The first-order valence-electron chi connectivity index (χ1n) is 12.1. The molecule has 0 spiro atoms. The number of hydrogen-bond donors (Lipinski definition) is 0. The van der Waals surface area contributed by atoms with Crippen LogP contribution >= 0.6 is 0 Å². The van der Waals surface area contributed by atoms with Crippen LogP contribution in [0.3, 0.4) is 0 Å². The summed E-state index contributed by atoms with van der Waals surface area (Å²) in [6, 6.07) is 23.2. The smallest absolute Gasteiger partial charge is 0.131 e. The Morgan fingerprint density at radius 3 is 1.65 bits per heavy atom. The van der Waals surface area contributed by atoms with E-state index in [1.807, 2.05) is 6.07 Å². The fraction of sp³-hybridized carbons (Fsp3) is 0.400. The molecule has 0 nitrogen and oxygen atoms in total. The summed E-state index contributed by atoms with van der Waals surface area (Å²) in [5, 5.41) is 0. The van der Waals surface area contributed by atoms with Gasteiger partial charge in [-0.15, -0.1) is 0 Å². The van der Waals surface area contributed by atoms with E-state index >= 15 is 0 Å². The number of rotatable bonds is 12. The number of unbranched alkanes of at least 4 members (excludes halogenated alkanes) is 4. The average molecular weight is 417 g/mol. The first kappa shape index (κ1) is 23.3. The minimum atomic E-state index is -0.106. The van der Waals surface area contributed by atoms with E-state index in [9.17, 15) is 4.39 Å². The first-order chi connectivity index (χ1) is 15.2. The molecule has 0 aliphatic rings. The minimum absolute atomic E-state index is 0.106. The van der Waals surface area contributed by atoms with E-state index in [1.54, 1.807) is 6.07 Å². The van der Waals surface area contributed by atoms with Crippen LogP contribution in [0.4, 0.5) is 4.39 Å². The zero-order valence-corrected chi connectivity index (χ0v) is 19.3. The maximum atomic E-state index is 14.7. The highest BCUT2D eigenvalue weighted by atomic mass is 19.1. The fourth-order valence-electron chi connectivity index (χ4n) is 4.18. The molecule has 0 aliphatic carbocycles. The molecule has 0 unspecified atom stereocenters. The molecule has 3 aromatic rings. The van der Waals surface area contributed by atoms with Crippen molar-refractivity contribution in [3.63, 3.8) is 0 Å². The van der Waals surface area contributed by atoms with Gasteiger partial charge in [-0.25, -0.2) is 4.39 Å². The molecule has 1 heteroatoms. The van der Waals surface area contributed by atoms with Crippen LogP contribution in [-0.2, 0) is 25.7 Å². The van der Waals surface area contributed by atoms with Crippen LogP contribution in [0.2, 0.25) is 0 Å². The van der Waals surface area contributed by atoms with E-state index in [2.05, 4.69) is 68.4 Å². The largest absolute Gasteiger partial charge is 0.206 e. The molecule has 0 fully saturated rings. The van der Waals surface area contributed by atoms with Crippen LogP contribution in [0, 0.1) is 5.82 Å². The van der Waals surface area contributed by atoms with Crippen LogP contribution in [0.25, 0.3) is 11.1 Å². The number of aryl methyl sites for hydroxylation is 4. The molecule has 0 radical (unpaired) electrons. The highest BCUT2D eigenvalue weighted by molar-refractivity contribution is 5.64. The van der Waals surface area contributed by atoms with Crippen LogP contribution in [-0.4, -0.2) is 0 Å². The zero-order valence-electron chi connectivity index (χ0n) is 19.3. The minimum Gasteiger partial charge on any atom is -0.206 e. The van der Waals surface area contributed by atoms with Crippen molar-refractivity contribution >= 4 is 0 Å². The predicted molar refractivity (Wildman–Crippen MR) is 132 cm³/mol. The lowest BCUT2D eigenvalue weighted by molar-refractivity contribution is 0.618. The third-order valence-electron chi connectivity index (χ3n) is 6.13. The Balaban J connectivity index is 1.54. The lowest BCUT2D eigenvalue weighted by atomic mass is 9.97. The summed E-state index contributed by atoms with van der Waals surface area (Å²) >= 11 is 0. The molecule has 0 saturated carbocycles. The Morgan fingerprint density at radius 1 is 0.516 bits per heavy atom. The Bertz CT molecular complexity index is 906. The third-order valence-corrected chi connectivity index (χ3v) is 6.13. The van der Waals surface area contributed by atoms with E-state index in [1.165, 1.54) is 48.8 Å². The molecule has 0 aliphatic heterocycles. The second-order valence-electron chi connectivity index (χ2n) is 8.74. The molecule has 0 aromatic heterocycles. The van der Waals surface area contributed by atoms with Gasteiger partial charge in [0.25, 0.3) is 0 Å². The van der Waals surface area contributed by atoms with Gasteiger partial charge in [0, 0.05) is 5.56 Å². The predicted octanol–water partition coefficient (Wildman–Crippen LogP) is 8.74. The maximum absolute atomic E-state index is 14.7. The van der Waals surface area contributed by atoms with Gasteiger partial charge in [0.15, 0.2) is 0 Å². The standard InChI is InChI=1S/C30H37F/c1-3-5-6-7-8-10-27-19-22-29(30(31)23-27)28-20-17-26(18-21-28)16-15-25-13-11-24(9-4-2)12-14-25/h11-14,17-23H,3-10,15-16H2,1-2H3. The number of benzene rings is 3. The third kappa shape index (κ3) is 7.35. The van der Waals surface area contributed by atoms with Gasteiger partial charge in [0.1, 0.15) is 5.82 Å². The van der Waals surface area contributed by atoms with Gasteiger partial charge >= 0.3 is 0 Å². The van der Waals surface area contributed by atoms with Crippen molar-refractivity contribution in [2.45, 2.75) is 78.1 Å². The van der Waals surface area contributed by atoms with Crippen molar-refractivity contribution in [3.8, 4) is 11.1 Å². The molecule has 0 atom stereocenters. The summed E-state index contributed by atoms with van der Waals surface area (Å²) in [5.74, 6) is -0.106. The topological polar surface area (TPSA) is 0 Å². The number of halogens is 1. The molecule has 0 amide bonds. The number of hydrogen-bond acceptors (Lipinski definition) is 0. The second kappa shape index (κ2) is 12.4. The quantitative estimate of drug-likeness (QED) is 0.259. The van der Waals surface area contributed by atoms with Crippen LogP contribution in [0.15, 0.2) is 66.7 Å². The molecule has 0 heterocycles. The zero-order chi connectivity index (χ0) is 21.9. The van der Waals surface area contributed by atoms with Crippen molar-refractivity contribution in [1.82, 2.24) is 0 Å². The van der Waals surface area contributed by atoms with Crippen molar-refractivity contribution < 1.29 is 4.39 Å². The van der Waals surface area contributed by atoms with E-state index < -0.39 is 0 Å². The van der Waals surface area contributed by atoms with E-state index in [-0.39, 0.29) is 5.82 Å². The van der Waals surface area contributed by atoms with E-state index in [4.69, 9.17) is 0 Å². The van der Waals surface area contributed by atoms with Gasteiger partial charge in [-0.05, 0) is 66.0 Å². The summed E-state index contributed by atoms with van der Waals surface area (Å²) in [7, 11) is 0.